The van der Waals surface area contributed by atoms with Gasteiger partial charge in [-0.25, -0.2) is 4.31 Å². The van der Waals surface area contributed by atoms with E-state index in [4.69, 9.17) is 0 Å². The van der Waals surface area contributed by atoms with E-state index in [0.29, 0.717) is 5.69 Å². The van der Waals surface area contributed by atoms with Gasteiger partial charge in [0.25, 0.3) is 0 Å². The minimum absolute atomic E-state index is 0.360. The third-order valence-electron chi connectivity index (χ3n) is 2.28. The molecule has 1 rings (SSSR count). The van der Waals surface area contributed by atoms with Crippen LogP contribution in [0.1, 0.15) is 0 Å². The first-order valence-corrected chi connectivity index (χ1v) is 6.61. The van der Waals surface area contributed by atoms with Crippen LogP contribution in [0.25, 0.3) is 0 Å². The van der Waals surface area contributed by atoms with E-state index in [9.17, 15) is 13.2 Å². The summed E-state index contributed by atoms with van der Waals surface area (Å²) in [5, 5.41) is 0. The monoisotopic (exact) mass is 272 g/mol. The van der Waals surface area contributed by atoms with Gasteiger partial charge in [0, 0.05) is 14.1 Å². The average molecular weight is 272 g/mol. The zero-order valence-corrected chi connectivity index (χ0v) is 11.3. The molecule has 7 heteroatoms. The number of rotatable bonds is 5. The van der Waals surface area contributed by atoms with Crippen LogP contribution in [0.3, 0.4) is 0 Å². The Morgan fingerprint density at radius 2 is 1.78 bits per heavy atom. The van der Waals surface area contributed by atoms with Crippen molar-refractivity contribution in [2.75, 3.05) is 32.1 Å². The van der Waals surface area contributed by atoms with Crippen LogP contribution in [0, 0.1) is 0 Å². The first-order valence-electron chi connectivity index (χ1n) is 5.21. The van der Waals surface area contributed by atoms with Crippen molar-refractivity contribution in [3.05, 3.63) is 30.3 Å². The van der Waals surface area contributed by atoms with Crippen LogP contribution < -0.4 is 4.31 Å². The third kappa shape index (κ3) is 3.21. The molecule has 1 aromatic rings. The number of methoxy groups -OCH3 is 1. The maximum atomic E-state index is 12.1. The second-order valence-corrected chi connectivity index (χ2v) is 5.78. The standard InChI is InChI=1S/C11H16N2O4S/c1-12(2)18(15,16)13(9-11(14)17-3)10-7-5-4-6-8-10/h4-8H,9H2,1-3H3. The molecule has 0 unspecified atom stereocenters. The summed E-state index contributed by atoms with van der Waals surface area (Å²) in [5.41, 5.74) is 0.414. The van der Waals surface area contributed by atoms with Crippen molar-refractivity contribution in [2.45, 2.75) is 0 Å². The van der Waals surface area contributed by atoms with Crippen LogP contribution >= 0.6 is 0 Å². The molecule has 0 radical (unpaired) electrons. The molecule has 100 valence electrons. The van der Waals surface area contributed by atoms with Gasteiger partial charge >= 0.3 is 16.2 Å². The van der Waals surface area contributed by atoms with Crippen molar-refractivity contribution in [1.82, 2.24) is 4.31 Å². The highest BCUT2D eigenvalue weighted by atomic mass is 32.2. The van der Waals surface area contributed by atoms with Gasteiger partial charge in [0.05, 0.1) is 12.8 Å². The topological polar surface area (TPSA) is 66.9 Å². The summed E-state index contributed by atoms with van der Waals surface area (Å²) >= 11 is 0. The number of benzene rings is 1. The van der Waals surface area contributed by atoms with Gasteiger partial charge in [0.1, 0.15) is 6.54 Å². The van der Waals surface area contributed by atoms with Crippen molar-refractivity contribution in [3.8, 4) is 0 Å². The van der Waals surface area contributed by atoms with Gasteiger partial charge in [0.2, 0.25) is 0 Å². The smallest absolute Gasteiger partial charge is 0.326 e. The summed E-state index contributed by atoms with van der Waals surface area (Å²) < 4.78 is 30.8. The highest BCUT2D eigenvalue weighted by Crippen LogP contribution is 2.18. The minimum atomic E-state index is -3.73. The highest BCUT2D eigenvalue weighted by Gasteiger charge is 2.27. The summed E-state index contributed by atoms with van der Waals surface area (Å²) in [4.78, 5) is 11.3. The number of para-hydroxylation sites is 1. The lowest BCUT2D eigenvalue weighted by molar-refractivity contribution is -0.138. The predicted octanol–water partition coefficient (Wildman–Crippen LogP) is 0.472. The molecule has 0 saturated carbocycles. The molecular formula is C11H16N2O4S. The Labute approximate surface area is 107 Å². The predicted molar refractivity (Wildman–Crippen MR) is 68.4 cm³/mol. The highest BCUT2D eigenvalue weighted by molar-refractivity contribution is 7.90. The van der Waals surface area contributed by atoms with Gasteiger partial charge in [-0.05, 0) is 12.1 Å². The van der Waals surface area contributed by atoms with E-state index in [-0.39, 0.29) is 6.54 Å². The van der Waals surface area contributed by atoms with Gasteiger partial charge in [-0.1, -0.05) is 18.2 Å². The van der Waals surface area contributed by atoms with Crippen LogP contribution in [-0.4, -0.2) is 46.4 Å². The molecule has 0 N–H and O–H groups in total. The molecule has 0 aliphatic rings. The number of carbonyl (C=O) groups is 1. The molecule has 0 atom stereocenters. The van der Waals surface area contributed by atoms with Crippen molar-refractivity contribution >= 4 is 21.9 Å². The lowest BCUT2D eigenvalue weighted by Gasteiger charge is -2.26. The fraction of sp³-hybridized carbons (Fsp3) is 0.364. The van der Waals surface area contributed by atoms with Crippen LogP contribution in [0.5, 0.6) is 0 Å². The van der Waals surface area contributed by atoms with Crippen molar-refractivity contribution in [1.29, 1.82) is 0 Å². The number of anilines is 1. The number of ether oxygens (including phenoxy) is 1. The molecular weight excluding hydrogens is 256 g/mol. The van der Waals surface area contributed by atoms with E-state index in [1.807, 2.05) is 0 Å². The molecule has 0 heterocycles. The van der Waals surface area contributed by atoms with Crippen molar-refractivity contribution < 1.29 is 17.9 Å². The Morgan fingerprint density at radius 1 is 1.22 bits per heavy atom. The van der Waals surface area contributed by atoms with Crippen LogP contribution in [-0.2, 0) is 19.7 Å². The average Bonchev–Trinajstić information content (AvgIpc) is 2.36. The molecule has 0 aromatic heterocycles. The van der Waals surface area contributed by atoms with Gasteiger partial charge in [0.15, 0.2) is 0 Å². The zero-order valence-electron chi connectivity index (χ0n) is 10.5. The van der Waals surface area contributed by atoms with Crippen molar-refractivity contribution in [3.63, 3.8) is 0 Å². The number of esters is 1. The van der Waals surface area contributed by atoms with Crippen molar-refractivity contribution in [2.24, 2.45) is 0 Å². The Bertz CT molecular complexity index is 499. The fourth-order valence-corrected chi connectivity index (χ4v) is 2.33. The molecule has 0 spiro atoms. The number of hydrogen-bond acceptors (Lipinski definition) is 4. The first kappa shape index (κ1) is 14.5. The maximum absolute atomic E-state index is 12.1. The normalized spacial score (nSPS) is 11.3. The largest absolute Gasteiger partial charge is 0.468 e. The van der Waals surface area contributed by atoms with Crippen LogP contribution in [0.4, 0.5) is 5.69 Å². The second-order valence-electron chi connectivity index (χ2n) is 3.71. The molecule has 0 fully saturated rings. The molecule has 0 saturated heterocycles. The van der Waals surface area contributed by atoms with Gasteiger partial charge < -0.3 is 4.74 Å². The fourth-order valence-electron chi connectivity index (χ4n) is 1.28. The van der Waals surface area contributed by atoms with Gasteiger partial charge in [-0.2, -0.15) is 12.7 Å². The van der Waals surface area contributed by atoms with E-state index in [1.54, 1.807) is 30.3 Å². The van der Waals surface area contributed by atoms with Crippen LogP contribution in [0.15, 0.2) is 30.3 Å². The summed E-state index contributed by atoms with van der Waals surface area (Å²) in [6, 6.07) is 8.39. The molecule has 0 bridgehead atoms. The number of nitrogens with zero attached hydrogens (tertiary/aromatic N) is 2. The molecule has 6 nitrogen and oxygen atoms in total. The van der Waals surface area contributed by atoms with E-state index in [2.05, 4.69) is 4.74 Å². The van der Waals surface area contributed by atoms with E-state index in [1.165, 1.54) is 21.2 Å². The van der Waals surface area contributed by atoms with E-state index in [0.717, 1.165) is 8.61 Å². The van der Waals surface area contributed by atoms with Gasteiger partial charge in [-0.3, -0.25) is 4.79 Å². The van der Waals surface area contributed by atoms with Crippen LogP contribution in [0.2, 0.25) is 0 Å². The Balaban J connectivity index is 3.16. The SMILES string of the molecule is COC(=O)CN(c1ccccc1)S(=O)(=O)N(C)C. The lowest BCUT2D eigenvalue weighted by Crippen LogP contribution is -2.43. The Kier molecular flexibility index (Phi) is 4.69. The molecule has 0 aliphatic heterocycles. The quantitative estimate of drug-likeness (QED) is 0.731. The summed E-state index contributed by atoms with van der Waals surface area (Å²) in [6.07, 6.45) is 0. The minimum Gasteiger partial charge on any atom is -0.468 e. The molecule has 0 aliphatic carbocycles. The third-order valence-corrected chi connectivity index (χ3v) is 4.10. The number of carbonyl (C=O) groups excluding carboxylic acids is 1. The summed E-state index contributed by atoms with van der Waals surface area (Å²) in [6.45, 7) is -0.360. The summed E-state index contributed by atoms with van der Waals surface area (Å²) in [7, 11) is 0.295. The van der Waals surface area contributed by atoms with Gasteiger partial charge in [-0.15, -0.1) is 0 Å². The zero-order chi connectivity index (χ0) is 13.8. The summed E-state index contributed by atoms with van der Waals surface area (Å²) in [5.74, 6) is -0.621. The maximum Gasteiger partial charge on any atom is 0.326 e. The van der Waals surface area contributed by atoms with E-state index < -0.39 is 16.2 Å². The molecule has 0 amide bonds. The second kappa shape index (κ2) is 5.83. The lowest BCUT2D eigenvalue weighted by atomic mass is 10.3. The number of hydrogen-bond donors (Lipinski definition) is 0. The molecule has 1 aromatic carbocycles. The first-order chi connectivity index (χ1) is 8.39. The Morgan fingerprint density at radius 3 is 2.22 bits per heavy atom. The molecule has 18 heavy (non-hydrogen) atoms. The Hall–Kier alpha value is -1.60. The van der Waals surface area contributed by atoms with E-state index >= 15 is 0 Å².